The minimum atomic E-state index is -0.617. The van der Waals surface area contributed by atoms with E-state index in [2.05, 4.69) is 4.99 Å². The van der Waals surface area contributed by atoms with Crippen molar-refractivity contribution < 1.29 is 5.11 Å². The number of nitrogens with zero attached hydrogens (tertiary/aromatic N) is 1. The third-order valence-electron chi connectivity index (χ3n) is 1.69. The lowest BCUT2D eigenvalue weighted by Crippen LogP contribution is -2.12. The van der Waals surface area contributed by atoms with Gasteiger partial charge in [-0.1, -0.05) is 29.3 Å². The molecule has 0 heterocycles. The Morgan fingerprint density at radius 3 is 2.73 bits per heavy atom. The van der Waals surface area contributed by atoms with Crippen LogP contribution in [0.1, 0.15) is 5.56 Å². The molecule has 82 valence electrons. The summed E-state index contributed by atoms with van der Waals surface area (Å²) in [6.45, 7) is 0.266. The van der Waals surface area contributed by atoms with Gasteiger partial charge >= 0.3 is 0 Å². The molecule has 0 amide bonds. The first-order valence-corrected chi connectivity index (χ1v) is 5.61. The van der Waals surface area contributed by atoms with Crippen LogP contribution in [0.2, 0.25) is 10.0 Å². The summed E-state index contributed by atoms with van der Waals surface area (Å²) < 4.78 is 0. The maximum atomic E-state index is 9.15. The van der Waals surface area contributed by atoms with Crippen molar-refractivity contribution in [3.05, 3.63) is 33.8 Å². The van der Waals surface area contributed by atoms with Crippen LogP contribution < -0.4 is 0 Å². The number of hydrogen-bond donors (Lipinski definition) is 1. The minimum absolute atomic E-state index is 0.172. The van der Waals surface area contributed by atoms with E-state index in [1.54, 1.807) is 24.4 Å². The number of halogens is 3. The number of aliphatic imine (C=N–C) groups is 1. The van der Waals surface area contributed by atoms with Crippen LogP contribution in [0.4, 0.5) is 0 Å². The molecule has 0 aliphatic heterocycles. The van der Waals surface area contributed by atoms with Gasteiger partial charge in [0.15, 0.2) is 0 Å². The molecular weight excluding hydrogens is 256 g/mol. The summed E-state index contributed by atoms with van der Waals surface area (Å²) in [5, 5.41) is 10.3. The van der Waals surface area contributed by atoms with Crippen molar-refractivity contribution >= 4 is 41.0 Å². The Labute approximate surface area is 103 Å². The van der Waals surface area contributed by atoms with E-state index in [1.165, 1.54) is 0 Å². The Balaban J connectivity index is 2.64. The first kappa shape index (κ1) is 12.8. The largest absolute Gasteiger partial charge is 0.390 e. The molecule has 1 atom stereocenters. The molecule has 0 aliphatic rings. The standard InChI is InChI=1S/C10H10Cl3NO/c11-4-9(15)6-14-5-7-1-2-8(12)3-10(7)13/h1-3,5,9,15H,4,6H2. The highest BCUT2D eigenvalue weighted by atomic mass is 35.5. The van der Waals surface area contributed by atoms with E-state index in [1.807, 2.05) is 0 Å². The smallest absolute Gasteiger partial charge is 0.0870 e. The van der Waals surface area contributed by atoms with Crippen LogP contribution in [0, 0.1) is 0 Å². The number of aliphatic hydroxyl groups is 1. The van der Waals surface area contributed by atoms with Crippen LogP contribution in [0.25, 0.3) is 0 Å². The molecule has 0 saturated heterocycles. The fourth-order valence-corrected chi connectivity index (χ4v) is 1.48. The topological polar surface area (TPSA) is 32.6 Å². The molecule has 0 aromatic heterocycles. The number of alkyl halides is 1. The van der Waals surface area contributed by atoms with E-state index in [-0.39, 0.29) is 12.4 Å². The van der Waals surface area contributed by atoms with Crippen LogP contribution in [0.5, 0.6) is 0 Å². The highest BCUT2D eigenvalue weighted by Gasteiger charge is 2.00. The third-order valence-corrected chi connectivity index (χ3v) is 2.61. The molecule has 0 spiro atoms. The maximum Gasteiger partial charge on any atom is 0.0870 e. The SMILES string of the molecule is OC(CCl)CN=Cc1ccc(Cl)cc1Cl. The molecular formula is C10H10Cl3NO. The molecule has 2 nitrogen and oxygen atoms in total. The molecule has 0 fully saturated rings. The summed E-state index contributed by atoms with van der Waals surface area (Å²) in [6, 6.07) is 5.14. The van der Waals surface area contributed by atoms with E-state index < -0.39 is 6.10 Å². The molecule has 1 aromatic rings. The summed E-state index contributed by atoms with van der Waals surface area (Å²) in [5.74, 6) is 0.172. The van der Waals surface area contributed by atoms with Gasteiger partial charge in [-0.3, -0.25) is 4.99 Å². The average Bonchev–Trinajstić information content (AvgIpc) is 2.21. The van der Waals surface area contributed by atoms with Gasteiger partial charge in [0, 0.05) is 16.8 Å². The quantitative estimate of drug-likeness (QED) is 0.659. The van der Waals surface area contributed by atoms with Crippen LogP contribution in [0.3, 0.4) is 0 Å². The van der Waals surface area contributed by atoms with Crippen molar-refractivity contribution in [3.63, 3.8) is 0 Å². The second-order valence-corrected chi connectivity index (χ2v) is 4.12. The zero-order chi connectivity index (χ0) is 11.3. The third kappa shape index (κ3) is 4.39. The second-order valence-electron chi connectivity index (χ2n) is 2.97. The first-order valence-electron chi connectivity index (χ1n) is 4.32. The highest BCUT2D eigenvalue weighted by molar-refractivity contribution is 6.36. The van der Waals surface area contributed by atoms with Crippen LogP contribution in [-0.2, 0) is 0 Å². The number of hydrogen-bond acceptors (Lipinski definition) is 2. The zero-order valence-corrected chi connectivity index (χ0v) is 10.1. The molecule has 1 unspecified atom stereocenters. The average molecular weight is 267 g/mol. The van der Waals surface area contributed by atoms with Gasteiger partial charge in [-0.05, 0) is 12.1 Å². The Hall–Kier alpha value is -0.280. The van der Waals surface area contributed by atoms with E-state index in [9.17, 15) is 0 Å². The van der Waals surface area contributed by atoms with Crippen molar-refractivity contribution in [2.75, 3.05) is 12.4 Å². The van der Waals surface area contributed by atoms with Crippen molar-refractivity contribution in [2.45, 2.75) is 6.10 Å². The Morgan fingerprint density at radius 1 is 1.40 bits per heavy atom. The predicted octanol–water partition coefficient (Wildman–Crippen LogP) is 3.01. The lowest BCUT2D eigenvalue weighted by atomic mass is 10.2. The minimum Gasteiger partial charge on any atom is -0.390 e. The second kappa shape index (κ2) is 6.33. The summed E-state index contributed by atoms with van der Waals surface area (Å²) in [6.07, 6.45) is 0.975. The lowest BCUT2D eigenvalue weighted by molar-refractivity contribution is 0.207. The van der Waals surface area contributed by atoms with Crippen LogP contribution in [0.15, 0.2) is 23.2 Å². The molecule has 0 radical (unpaired) electrons. The Morgan fingerprint density at radius 2 is 2.13 bits per heavy atom. The Bertz CT molecular complexity index is 355. The molecule has 0 bridgehead atoms. The van der Waals surface area contributed by atoms with Gasteiger partial charge in [-0.15, -0.1) is 11.6 Å². The summed E-state index contributed by atoms with van der Waals surface area (Å²) in [7, 11) is 0. The predicted molar refractivity (Wildman–Crippen MR) is 65.6 cm³/mol. The fraction of sp³-hybridized carbons (Fsp3) is 0.300. The maximum absolute atomic E-state index is 9.15. The molecule has 5 heteroatoms. The lowest BCUT2D eigenvalue weighted by Gasteiger charge is -2.01. The molecule has 1 aromatic carbocycles. The number of aliphatic hydroxyl groups excluding tert-OH is 1. The van der Waals surface area contributed by atoms with Crippen molar-refractivity contribution in [1.29, 1.82) is 0 Å². The van der Waals surface area contributed by atoms with Gasteiger partial charge in [0.2, 0.25) is 0 Å². The number of benzene rings is 1. The summed E-state index contributed by atoms with van der Waals surface area (Å²) >= 11 is 17.1. The van der Waals surface area contributed by atoms with Gasteiger partial charge < -0.3 is 5.11 Å². The van der Waals surface area contributed by atoms with Crippen molar-refractivity contribution in [1.82, 2.24) is 0 Å². The van der Waals surface area contributed by atoms with Gasteiger partial charge in [0.25, 0.3) is 0 Å². The van der Waals surface area contributed by atoms with Gasteiger partial charge in [0.1, 0.15) is 0 Å². The van der Waals surface area contributed by atoms with Gasteiger partial charge in [0.05, 0.1) is 23.6 Å². The molecule has 0 saturated carbocycles. The van der Waals surface area contributed by atoms with Gasteiger partial charge in [-0.25, -0.2) is 0 Å². The monoisotopic (exact) mass is 265 g/mol. The summed E-state index contributed by atoms with van der Waals surface area (Å²) in [4.78, 5) is 4.02. The fourth-order valence-electron chi connectivity index (χ4n) is 0.928. The molecule has 1 rings (SSSR count). The van der Waals surface area contributed by atoms with Gasteiger partial charge in [-0.2, -0.15) is 0 Å². The molecule has 15 heavy (non-hydrogen) atoms. The molecule has 1 N–H and O–H groups in total. The normalized spacial score (nSPS) is 13.3. The van der Waals surface area contributed by atoms with E-state index in [0.717, 1.165) is 5.56 Å². The van der Waals surface area contributed by atoms with Crippen molar-refractivity contribution in [2.24, 2.45) is 4.99 Å². The highest BCUT2D eigenvalue weighted by Crippen LogP contribution is 2.19. The van der Waals surface area contributed by atoms with Crippen LogP contribution in [-0.4, -0.2) is 29.8 Å². The zero-order valence-electron chi connectivity index (χ0n) is 7.83. The summed E-state index contributed by atoms with van der Waals surface area (Å²) in [5.41, 5.74) is 0.767. The number of rotatable bonds is 4. The Kier molecular flexibility index (Phi) is 5.40. The van der Waals surface area contributed by atoms with E-state index >= 15 is 0 Å². The first-order chi connectivity index (χ1) is 7.13. The van der Waals surface area contributed by atoms with E-state index in [4.69, 9.17) is 39.9 Å². The molecule has 0 aliphatic carbocycles. The van der Waals surface area contributed by atoms with Crippen LogP contribution >= 0.6 is 34.8 Å². The van der Waals surface area contributed by atoms with Crippen molar-refractivity contribution in [3.8, 4) is 0 Å². The van der Waals surface area contributed by atoms with E-state index in [0.29, 0.717) is 10.0 Å².